The summed E-state index contributed by atoms with van der Waals surface area (Å²) in [6, 6.07) is 24.2. The van der Waals surface area contributed by atoms with Crippen LogP contribution in [-0.2, 0) is 10.0 Å². The molecule has 5 rings (SSSR count). The predicted molar refractivity (Wildman–Crippen MR) is 123 cm³/mol. The molecule has 0 aliphatic heterocycles. The molecule has 2 heterocycles. The number of rotatable bonds is 4. The number of aromatic carboxylic acids is 1. The van der Waals surface area contributed by atoms with Crippen LogP contribution in [0.25, 0.3) is 33.1 Å². The summed E-state index contributed by atoms with van der Waals surface area (Å²) in [5.41, 5.74) is 2.59. The zero-order valence-corrected chi connectivity index (χ0v) is 17.9. The van der Waals surface area contributed by atoms with Crippen molar-refractivity contribution in [3.05, 3.63) is 96.2 Å². The normalized spacial score (nSPS) is 11.8. The summed E-state index contributed by atoms with van der Waals surface area (Å²) in [4.78, 5) is 16.4. The summed E-state index contributed by atoms with van der Waals surface area (Å²) in [5, 5.41) is 11.0. The number of aromatic nitrogens is 2. The van der Waals surface area contributed by atoms with Crippen LogP contribution in [0.5, 0.6) is 0 Å². The number of para-hydroxylation sites is 1. The highest BCUT2D eigenvalue weighted by Gasteiger charge is 2.26. The van der Waals surface area contributed by atoms with Gasteiger partial charge in [0.05, 0.1) is 21.6 Å². The highest BCUT2D eigenvalue weighted by molar-refractivity contribution is 7.90. The summed E-state index contributed by atoms with van der Waals surface area (Å²) in [5.74, 6) is -1.23. The smallest absolute Gasteiger partial charge is 0.354 e. The van der Waals surface area contributed by atoms with E-state index in [1.807, 2.05) is 49.4 Å². The molecule has 0 spiro atoms. The van der Waals surface area contributed by atoms with Crippen LogP contribution in [0, 0.1) is 6.92 Å². The molecule has 0 radical (unpaired) electrons. The quantitative estimate of drug-likeness (QED) is 0.418. The minimum absolute atomic E-state index is 0.126. The van der Waals surface area contributed by atoms with Gasteiger partial charge in [-0.15, -0.1) is 0 Å². The lowest BCUT2D eigenvalue weighted by Gasteiger charge is -2.11. The summed E-state index contributed by atoms with van der Waals surface area (Å²) in [6.45, 7) is 1.88. The number of carboxylic acid groups (broad SMARTS) is 1. The molecular formula is C25H18N2O4S. The van der Waals surface area contributed by atoms with Crippen LogP contribution >= 0.6 is 0 Å². The van der Waals surface area contributed by atoms with E-state index in [9.17, 15) is 18.3 Å². The summed E-state index contributed by atoms with van der Waals surface area (Å²) >= 11 is 0. The van der Waals surface area contributed by atoms with E-state index in [4.69, 9.17) is 0 Å². The third kappa shape index (κ3) is 3.06. The van der Waals surface area contributed by atoms with Gasteiger partial charge in [-0.3, -0.25) is 0 Å². The Morgan fingerprint density at radius 1 is 0.875 bits per heavy atom. The number of benzene rings is 3. The van der Waals surface area contributed by atoms with Gasteiger partial charge in [0, 0.05) is 16.3 Å². The Kier molecular flexibility index (Phi) is 4.56. The van der Waals surface area contributed by atoms with Gasteiger partial charge in [0.1, 0.15) is 0 Å². The number of nitrogens with zero attached hydrogens (tertiary/aromatic N) is 2. The van der Waals surface area contributed by atoms with Crippen molar-refractivity contribution in [3.63, 3.8) is 0 Å². The molecule has 0 aliphatic rings. The zero-order chi connectivity index (χ0) is 22.5. The van der Waals surface area contributed by atoms with E-state index >= 15 is 0 Å². The van der Waals surface area contributed by atoms with Gasteiger partial charge < -0.3 is 5.11 Å². The van der Waals surface area contributed by atoms with Gasteiger partial charge in [-0.05, 0) is 31.2 Å². The third-order valence-electron chi connectivity index (χ3n) is 5.44. The van der Waals surface area contributed by atoms with Crippen molar-refractivity contribution < 1.29 is 18.3 Å². The van der Waals surface area contributed by atoms with E-state index in [1.165, 1.54) is 10.0 Å². The molecule has 2 aromatic heterocycles. The second kappa shape index (κ2) is 7.32. The van der Waals surface area contributed by atoms with Crippen LogP contribution in [0.15, 0.2) is 89.8 Å². The van der Waals surface area contributed by atoms with Gasteiger partial charge in [0.25, 0.3) is 10.0 Å². The molecule has 1 N–H and O–H groups in total. The Morgan fingerprint density at radius 2 is 1.53 bits per heavy atom. The molecule has 3 aromatic carbocycles. The molecule has 0 bridgehead atoms. The first-order chi connectivity index (χ1) is 15.4. The van der Waals surface area contributed by atoms with Crippen molar-refractivity contribution in [2.75, 3.05) is 0 Å². The fourth-order valence-electron chi connectivity index (χ4n) is 3.94. The Labute approximate surface area is 184 Å². The van der Waals surface area contributed by atoms with E-state index in [1.54, 1.807) is 36.4 Å². The second-order valence-corrected chi connectivity index (χ2v) is 9.31. The number of fused-ring (bicyclic) bond motifs is 3. The maximum Gasteiger partial charge on any atom is 0.354 e. The lowest BCUT2D eigenvalue weighted by atomic mass is 10.0. The van der Waals surface area contributed by atoms with E-state index in [2.05, 4.69) is 4.98 Å². The molecule has 0 atom stereocenters. The first-order valence-corrected chi connectivity index (χ1v) is 11.4. The minimum atomic E-state index is -4.01. The van der Waals surface area contributed by atoms with Crippen LogP contribution in [0.1, 0.15) is 16.1 Å². The average Bonchev–Trinajstić information content (AvgIpc) is 3.14. The monoisotopic (exact) mass is 442 g/mol. The molecule has 5 aromatic rings. The number of carbonyl (C=O) groups is 1. The van der Waals surface area contributed by atoms with Crippen LogP contribution in [0.3, 0.4) is 0 Å². The lowest BCUT2D eigenvalue weighted by molar-refractivity contribution is 0.0691. The SMILES string of the molecule is Cc1ccc(S(=O)(=O)n2c3ccccc3c3c(-c4ccccc4)nc(C(=O)O)cc32)cc1. The Hall–Kier alpha value is -3.97. The van der Waals surface area contributed by atoms with Gasteiger partial charge in [-0.25, -0.2) is 22.2 Å². The number of carboxylic acids is 1. The van der Waals surface area contributed by atoms with E-state index in [0.29, 0.717) is 27.5 Å². The first-order valence-electron chi connectivity index (χ1n) is 9.93. The number of pyridine rings is 1. The first kappa shape index (κ1) is 20.0. The maximum atomic E-state index is 13.8. The van der Waals surface area contributed by atoms with Crippen LogP contribution < -0.4 is 0 Å². The predicted octanol–water partition coefficient (Wildman–Crippen LogP) is 5.10. The topological polar surface area (TPSA) is 89.3 Å². The molecule has 7 heteroatoms. The summed E-state index contributed by atoms with van der Waals surface area (Å²) < 4.78 is 28.7. The van der Waals surface area contributed by atoms with E-state index in [0.717, 1.165) is 5.56 Å². The Bertz CT molecular complexity index is 1600. The highest BCUT2D eigenvalue weighted by Crippen LogP contribution is 2.38. The van der Waals surface area contributed by atoms with E-state index in [-0.39, 0.29) is 16.1 Å². The molecule has 32 heavy (non-hydrogen) atoms. The van der Waals surface area contributed by atoms with Gasteiger partial charge in [-0.1, -0.05) is 66.2 Å². The van der Waals surface area contributed by atoms with Crippen molar-refractivity contribution in [1.82, 2.24) is 8.96 Å². The van der Waals surface area contributed by atoms with Crippen molar-refractivity contribution in [2.45, 2.75) is 11.8 Å². The van der Waals surface area contributed by atoms with Gasteiger partial charge in [0.15, 0.2) is 5.69 Å². The number of hydrogen-bond donors (Lipinski definition) is 1. The minimum Gasteiger partial charge on any atom is -0.477 e. The fraction of sp³-hybridized carbons (Fsp3) is 0.0400. The van der Waals surface area contributed by atoms with Crippen molar-refractivity contribution in [3.8, 4) is 11.3 Å². The molecule has 0 unspecified atom stereocenters. The van der Waals surface area contributed by atoms with Crippen LogP contribution in [0.4, 0.5) is 0 Å². The summed E-state index contributed by atoms with van der Waals surface area (Å²) in [7, 11) is -4.01. The largest absolute Gasteiger partial charge is 0.477 e. The van der Waals surface area contributed by atoms with Crippen molar-refractivity contribution in [2.24, 2.45) is 0 Å². The van der Waals surface area contributed by atoms with Gasteiger partial charge >= 0.3 is 5.97 Å². The average molecular weight is 442 g/mol. The molecule has 6 nitrogen and oxygen atoms in total. The molecule has 0 saturated heterocycles. The number of aryl methyl sites for hydroxylation is 1. The molecule has 0 saturated carbocycles. The highest BCUT2D eigenvalue weighted by atomic mass is 32.2. The Balaban J connectivity index is 1.97. The molecule has 0 aliphatic carbocycles. The van der Waals surface area contributed by atoms with Crippen molar-refractivity contribution >= 4 is 37.8 Å². The molecule has 0 fully saturated rings. The fourth-order valence-corrected chi connectivity index (χ4v) is 5.45. The zero-order valence-electron chi connectivity index (χ0n) is 17.1. The van der Waals surface area contributed by atoms with E-state index < -0.39 is 16.0 Å². The molecule has 158 valence electrons. The summed E-state index contributed by atoms with van der Waals surface area (Å²) in [6.07, 6.45) is 0. The standard InChI is InChI=1S/C25H18N2O4S/c1-16-11-13-18(14-12-16)32(30,31)27-21-10-6-5-9-19(21)23-22(27)15-20(25(28)29)26-24(23)17-7-3-2-4-8-17/h2-15H,1H3,(H,28,29). The maximum absolute atomic E-state index is 13.8. The second-order valence-electron chi connectivity index (χ2n) is 7.52. The van der Waals surface area contributed by atoms with Crippen LogP contribution in [-0.4, -0.2) is 28.5 Å². The molecular weight excluding hydrogens is 424 g/mol. The van der Waals surface area contributed by atoms with Gasteiger partial charge in [-0.2, -0.15) is 0 Å². The Morgan fingerprint density at radius 3 is 2.22 bits per heavy atom. The van der Waals surface area contributed by atoms with Crippen molar-refractivity contribution in [1.29, 1.82) is 0 Å². The van der Waals surface area contributed by atoms with Crippen LogP contribution in [0.2, 0.25) is 0 Å². The molecule has 0 amide bonds. The van der Waals surface area contributed by atoms with Gasteiger partial charge in [0.2, 0.25) is 0 Å². The third-order valence-corrected chi connectivity index (χ3v) is 7.18. The number of hydrogen-bond acceptors (Lipinski definition) is 4. The lowest BCUT2D eigenvalue weighted by Crippen LogP contribution is -2.13.